The van der Waals surface area contributed by atoms with Gasteiger partial charge in [-0.1, -0.05) is 20.8 Å². The number of aliphatic hydroxyl groups is 1. The smallest absolute Gasteiger partial charge is 0.0428 e. The second-order valence-corrected chi connectivity index (χ2v) is 0.724. The van der Waals surface area contributed by atoms with Gasteiger partial charge in [-0.3, -0.25) is 0 Å². The molecule has 0 aliphatic rings. The van der Waals surface area contributed by atoms with Crippen molar-refractivity contribution in [3.63, 3.8) is 0 Å². The van der Waals surface area contributed by atoms with Crippen LogP contribution in [0.15, 0.2) is 0 Å². The molecule has 1 N–H and O–H groups in total. The van der Waals surface area contributed by atoms with Crippen LogP contribution in [0.4, 0.5) is 0 Å². The van der Waals surface area contributed by atoms with Crippen molar-refractivity contribution in [1.29, 1.82) is 0 Å². The number of aliphatic hydroxyl groups excluding tert-OH is 1. The van der Waals surface area contributed by atoms with E-state index >= 15 is 0 Å². The van der Waals surface area contributed by atoms with Crippen molar-refractivity contribution in [3.8, 4) is 0 Å². The molecule has 0 aliphatic carbocycles. The molecule has 0 aromatic carbocycles. The molecule has 0 rings (SSSR count). The molecule has 0 spiro atoms. The van der Waals surface area contributed by atoms with Gasteiger partial charge in [0.2, 0.25) is 0 Å². The first kappa shape index (κ1) is 9.35. The Morgan fingerprint density at radius 3 is 1.67 bits per heavy atom. The van der Waals surface area contributed by atoms with Crippen molar-refractivity contribution in [3.05, 3.63) is 6.92 Å². The van der Waals surface area contributed by atoms with Gasteiger partial charge in [0.15, 0.2) is 0 Å². The summed E-state index contributed by atoms with van der Waals surface area (Å²) in [5.41, 5.74) is 0. The van der Waals surface area contributed by atoms with Crippen LogP contribution in [0.5, 0.6) is 0 Å². The van der Waals surface area contributed by atoms with Crippen LogP contribution >= 0.6 is 0 Å². The fourth-order valence-corrected chi connectivity index (χ4v) is 0. The summed E-state index contributed by atoms with van der Waals surface area (Å²) in [5.74, 6) is 0. The molecule has 0 atom stereocenters. The van der Waals surface area contributed by atoms with E-state index in [0.717, 1.165) is 6.42 Å². The third kappa shape index (κ3) is 37.6. The summed E-state index contributed by atoms with van der Waals surface area (Å²) in [6.45, 7) is 7.25. The van der Waals surface area contributed by atoms with Gasteiger partial charge in [0.05, 0.1) is 0 Å². The Labute approximate surface area is 40.0 Å². The summed E-state index contributed by atoms with van der Waals surface area (Å²) in [4.78, 5) is 0. The van der Waals surface area contributed by atoms with Crippen LogP contribution in [0, 0.1) is 6.92 Å². The van der Waals surface area contributed by atoms with Crippen molar-refractivity contribution >= 4 is 0 Å². The van der Waals surface area contributed by atoms with Gasteiger partial charge in [-0.05, 0) is 6.42 Å². The molecule has 6 heavy (non-hydrogen) atoms. The SMILES string of the molecule is CCCO.[CH2]C. The van der Waals surface area contributed by atoms with Crippen LogP contribution in [0.1, 0.15) is 20.3 Å². The number of hydrogen-bond donors (Lipinski definition) is 1. The van der Waals surface area contributed by atoms with Crippen molar-refractivity contribution in [1.82, 2.24) is 0 Å². The van der Waals surface area contributed by atoms with E-state index in [1.165, 1.54) is 0 Å². The Morgan fingerprint density at radius 1 is 1.50 bits per heavy atom. The average Bonchev–Trinajstić information content (AvgIpc) is 1.72. The lowest BCUT2D eigenvalue weighted by molar-refractivity contribution is 0.295. The van der Waals surface area contributed by atoms with Crippen molar-refractivity contribution in [2.75, 3.05) is 6.61 Å². The summed E-state index contributed by atoms with van der Waals surface area (Å²) < 4.78 is 0. The van der Waals surface area contributed by atoms with Crippen molar-refractivity contribution in [2.24, 2.45) is 0 Å². The van der Waals surface area contributed by atoms with Gasteiger partial charge < -0.3 is 5.11 Å². The molecule has 0 bridgehead atoms. The average molecular weight is 89.2 g/mol. The van der Waals surface area contributed by atoms with Crippen LogP contribution in [0.2, 0.25) is 0 Å². The molecule has 0 aromatic rings. The second kappa shape index (κ2) is 20.2. The van der Waals surface area contributed by atoms with Crippen molar-refractivity contribution in [2.45, 2.75) is 20.3 Å². The topological polar surface area (TPSA) is 20.2 Å². The highest BCUT2D eigenvalue weighted by Crippen LogP contribution is 1.61. The molecular formula is C5H13O. The van der Waals surface area contributed by atoms with Crippen LogP contribution in [0.3, 0.4) is 0 Å². The number of hydrogen-bond acceptors (Lipinski definition) is 1. The molecule has 0 fully saturated rings. The minimum absolute atomic E-state index is 0.319. The molecular weight excluding hydrogens is 76.1 g/mol. The lowest BCUT2D eigenvalue weighted by Gasteiger charge is -1.69. The molecule has 1 radical (unpaired) electrons. The molecule has 39 valence electrons. The van der Waals surface area contributed by atoms with E-state index in [-0.39, 0.29) is 0 Å². The third-order valence-corrected chi connectivity index (χ3v) is 0.224. The maximum absolute atomic E-state index is 7.88. The third-order valence-electron chi connectivity index (χ3n) is 0.224. The van der Waals surface area contributed by atoms with Gasteiger partial charge in [0, 0.05) is 6.61 Å². The van der Waals surface area contributed by atoms with Gasteiger partial charge >= 0.3 is 0 Å². The predicted octanol–water partition coefficient (Wildman–Crippen LogP) is 1.23. The van der Waals surface area contributed by atoms with Crippen LogP contribution in [-0.2, 0) is 0 Å². The van der Waals surface area contributed by atoms with E-state index in [1.54, 1.807) is 6.92 Å². The quantitative estimate of drug-likeness (QED) is 0.512. The summed E-state index contributed by atoms with van der Waals surface area (Å²) in [6.07, 6.45) is 0.875. The zero-order valence-electron chi connectivity index (χ0n) is 4.57. The lowest BCUT2D eigenvalue weighted by Crippen LogP contribution is -1.69. The Hall–Kier alpha value is -0.0400. The Bertz CT molecular complexity index is 5.90. The predicted molar refractivity (Wildman–Crippen MR) is 28.4 cm³/mol. The molecule has 0 saturated carbocycles. The molecule has 0 amide bonds. The fraction of sp³-hybridized carbons (Fsp3) is 0.800. The number of rotatable bonds is 1. The fourth-order valence-electron chi connectivity index (χ4n) is 0. The Balaban J connectivity index is 0. The van der Waals surface area contributed by atoms with Gasteiger partial charge in [-0.25, -0.2) is 0 Å². The molecule has 1 heteroatoms. The monoisotopic (exact) mass is 89.1 g/mol. The molecule has 0 aliphatic heterocycles. The van der Waals surface area contributed by atoms with Gasteiger partial charge in [-0.2, -0.15) is 0 Å². The first-order chi connectivity index (χ1) is 2.91. The molecule has 0 unspecified atom stereocenters. The minimum Gasteiger partial charge on any atom is -0.396 e. The molecule has 0 heterocycles. The van der Waals surface area contributed by atoms with E-state index in [9.17, 15) is 0 Å². The molecule has 1 nitrogen and oxygen atoms in total. The summed E-state index contributed by atoms with van der Waals surface area (Å²) in [7, 11) is 0. The Morgan fingerprint density at radius 2 is 1.67 bits per heavy atom. The summed E-state index contributed by atoms with van der Waals surface area (Å²) in [6, 6.07) is 0. The van der Waals surface area contributed by atoms with Crippen LogP contribution < -0.4 is 0 Å². The van der Waals surface area contributed by atoms with E-state index in [4.69, 9.17) is 5.11 Å². The summed E-state index contributed by atoms with van der Waals surface area (Å²) in [5, 5.41) is 7.88. The maximum atomic E-state index is 7.88. The van der Waals surface area contributed by atoms with Gasteiger partial charge in [0.1, 0.15) is 0 Å². The Kier molecular flexibility index (Phi) is 31.6. The first-order valence-corrected chi connectivity index (χ1v) is 2.23. The van der Waals surface area contributed by atoms with Crippen LogP contribution in [-0.4, -0.2) is 11.7 Å². The minimum atomic E-state index is 0.319. The molecule has 0 aromatic heterocycles. The lowest BCUT2D eigenvalue weighted by atomic mass is 10.5. The standard InChI is InChI=1S/C3H8O.C2H5/c1-2-3-4;1-2/h4H,2-3H2,1H3;1H2,2H3. The van der Waals surface area contributed by atoms with Crippen LogP contribution in [0.25, 0.3) is 0 Å². The highest BCUT2D eigenvalue weighted by atomic mass is 16.2. The molecule has 0 saturated heterocycles. The second-order valence-electron chi connectivity index (χ2n) is 0.724. The van der Waals surface area contributed by atoms with Gasteiger partial charge in [-0.15, -0.1) is 0 Å². The highest BCUT2D eigenvalue weighted by Gasteiger charge is 1.57. The highest BCUT2D eigenvalue weighted by molar-refractivity contribution is 4.10. The van der Waals surface area contributed by atoms with E-state index in [1.807, 2.05) is 6.92 Å². The van der Waals surface area contributed by atoms with Gasteiger partial charge in [0.25, 0.3) is 0 Å². The van der Waals surface area contributed by atoms with E-state index in [0.29, 0.717) is 6.61 Å². The van der Waals surface area contributed by atoms with E-state index < -0.39 is 0 Å². The normalized spacial score (nSPS) is 6.00. The summed E-state index contributed by atoms with van der Waals surface area (Å²) >= 11 is 0. The van der Waals surface area contributed by atoms with Crippen molar-refractivity contribution < 1.29 is 5.11 Å². The van der Waals surface area contributed by atoms with E-state index in [2.05, 4.69) is 6.92 Å². The first-order valence-electron chi connectivity index (χ1n) is 2.23. The maximum Gasteiger partial charge on any atom is 0.0428 e. The largest absolute Gasteiger partial charge is 0.396 e. The zero-order chi connectivity index (χ0) is 5.41. The zero-order valence-corrected chi connectivity index (χ0v) is 4.57.